The molecule has 0 spiro atoms. The van der Waals surface area contributed by atoms with E-state index in [4.69, 9.17) is 0 Å². The standard InChI is InChI=1S/C13H19BrFN3S/c1-12(2,3)19-18-13(4-9(5-13)6-15)11-16-7-10(14)8-17-11/h7-9,18H,4-6H2,1-3H3. The van der Waals surface area contributed by atoms with Gasteiger partial charge in [-0.3, -0.25) is 4.39 Å². The zero-order valence-electron chi connectivity index (χ0n) is 11.4. The number of halogens is 2. The van der Waals surface area contributed by atoms with Crippen LogP contribution in [0.4, 0.5) is 4.39 Å². The Labute approximate surface area is 126 Å². The first-order valence-corrected chi connectivity index (χ1v) is 7.95. The van der Waals surface area contributed by atoms with E-state index in [1.165, 1.54) is 0 Å². The molecule has 0 aliphatic heterocycles. The Kier molecular flexibility index (Phi) is 4.52. The first-order valence-electron chi connectivity index (χ1n) is 6.34. The SMILES string of the molecule is CC(C)(C)SNC1(c2ncc(Br)cn2)CC(CF)C1. The molecule has 106 valence electrons. The van der Waals surface area contributed by atoms with Gasteiger partial charge in [-0.2, -0.15) is 0 Å². The largest absolute Gasteiger partial charge is 0.251 e. The van der Waals surface area contributed by atoms with Gasteiger partial charge < -0.3 is 0 Å². The monoisotopic (exact) mass is 347 g/mol. The highest BCUT2D eigenvalue weighted by molar-refractivity contribution is 9.10. The minimum absolute atomic E-state index is 0.100. The summed E-state index contributed by atoms with van der Waals surface area (Å²) < 4.78 is 17.2. The number of nitrogens with one attached hydrogen (secondary N) is 1. The van der Waals surface area contributed by atoms with Crippen LogP contribution in [0.2, 0.25) is 0 Å². The maximum atomic E-state index is 12.8. The fourth-order valence-corrected chi connectivity index (χ4v) is 3.12. The third-order valence-corrected chi connectivity index (χ3v) is 4.61. The number of hydrogen-bond acceptors (Lipinski definition) is 4. The molecule has 1 aliphatic carbocycles. The van der Waals surface area contributed by atoms with Crippen molar-refractivity contribution in [3.05, 3.63) is 22.7 Å². The number of aromatic nitrogens is 2. The quantitative estimate of drug-likeness (QED) is 0.839. The van der Waals surface area contributed by atoms with Gasteiger partial charge in [-0.1, -0.05) is 11.9 Å². The Morgan fingerprint density at radius 1 is 1.42 bits per heavy atom. The zero-order valence-corrected chi connectivity index (χ0v) is 13.8. The second-order valence-electron chi connectivity index (χ2n) is 6.05. The van der Waals surface area contributed by atoms with E-state index < -0.39 is 0 Å². The Morgan fingerprint density at radius 3 is 2.47 bits per heavy atom. The van der Waals surface area contributed by atoms with Gasteiger partial charge in [-0.25, -0.2) is 14.7 Å². The van der Waals surface area contributed by atoms with Gasteiger partial charge >= 0.3 is 0 Å². The molecule has 1 aliphatic rings. The second kappa shape index (κ2) is 5.66. The van der Waals surface area contributed by atoms with E-state index in [1.807, 2.05) is 0 Å². The van der Waals surface area contributed by atoms with Crippen LogP contribution in [-0.4, -0.2) is 21.4 Å². The molecule has 2 rings (SSSR count). The fourth-order valence-electron chi connectivity index (χ4n) is 2.16. The topological polar surface area (TPSA) is 37.8 Å². The highest BCUT2D eigenvalue weighted by Gasteiger charge is 2.48. The minimum atomic E-state index is -0.282. The summed E-state index contributed by atoms with van der Waals surface area (Å²) in [5.74, 6) is 0.887. The summed E-state index contributed by atoms with van der Waals surface area (Å²) in [5, 5.41) is 0. The molecule has 1 heterocycles. The summed E-state index contributed by atoms with van der Waals surface area (Å²) in [6.07, 6.45) is 5.01. The van der Waals surface area contributed by atoms with Crippen molar-refractivity contribution in [3.63, 3.8) is 0 Å². The maximum Gasteiger partial charge on any atom is 0.149 e. The highest BCUT2D eigenvalue weighted by Crippen LogP contribution is 2.46. The maximum absolute atomic E-state index is 12.8. The molecule has 6 heteroatoms. The molecule has 0 unspecified atom stereocenters. The van der Waals surface area contributed by atoms with Gasteiger partial charge in [-0.15, -0.1) is 0 Å². The Bertz CT molecular complexity index is 427. The van der Waals surface area contributed by atoms with Gasteiger partial charge in [0.25, 0.3) is 0 Å². The summed E-state index contributed by atoms with van der Waals surface area (Å²) in [6.45, 7) is 6.17. The third-order valence-electron chi connectivity index (χ3n) is 3.09. The first kappa shape index (κ1) is 15.2. The fraction of sp³-hybridized carbons (Fsp3) is 0.692. The Morgan fingerprint density at radius 2 is 2.00 bits per heavy atom. The average molecular weight is 348 g/mol. The number of rotatable bonds is 4. The summed E-state index contributed by atoms with van der Waals surface area (Å²) in [4.78, 5) is 8.77. The van der Waals surface area contributed by atoms with Crippen LogP contribution < -0.4 is 4.72 Å². The molecule has 0 amide bonds. The summed E-state index contributed by atoms with van der Waals surface area (Å²) in [6, 6.07) is 0. The lowest BCUT2D eigenvalue weighted by molar-refractivity contribution is 0.0971. The van der Waals surface area contributed by atoms with Crippen LogP contribution in [0.15, 0.2) is 16.9 Å². The molecule has 0 saturated heterocycles. The third kappa shape index (κ3) is 3.67. The van der Waals surface area contributed by atoms with E-state index in [2.05, 4.69) is 51.4 Å². The highest BCUT2D eigenvalue weighted by atomic mass is 79.9. The molecule has 0 bridgehead atoms. The van der Waals surface area contributed by atoms with Gasteiger partial charge in [0.1, 0.15) is 5.82 Å². The molecule has 0 atom stereocenters. The van der Waals surface area contributed by atoms with Gasteiger partial charge in [-0.05, 0) is 55.5 Å². The van der Waals surface area contributed by atoms with E-state index >= 15 is 0 Å². The van der Waals surface area contributed by atoms with Crippen LogP contribution in [0.5, 0.6) is 0 Å². The van der Waals surface area contributed by atoms with Crippen LogP contribution in [0, 0.1) is 5.92 Å². The molecule has 3 nitrogen and oxygen atoms in total. The van der Waals surface area contributed by atoms with E-state index in [0.29, 0.717) is 0 Å². The molecule has 19 heavy (non-hydrogen) atoms. The van der Waals surface area contributed by atoms with Crippen molar-refractivity contribution in [2.24, 2.45) is 5.92 Å². The number of nitrogens with zero attached hydrogens (tertiary/aromatic N) is 2. The van der Waals surface area contributed by atoms with E-state index in [-0.39, 0.29) is 22.9 Å². The van der Waals surface area contributed by atoms with Gasteiger partial charge in [0.05, 0.1) is 16.7 Å². The lowest BCUT2D eigenvalue weighted by Gasteiger charge is -2.46. The number of alkyl halides is 1. The van der Waals surface area contributed by atoms with Crippen LogP contribution >= 0.6 is 27.9 Å². The summed E-state index contributed by atoms with van der Waals surface area (Å²) >= 11 is 5.00. The van der Waals surface area contributed by atoms with Crippen molar-refractivity contribution < 1.29 is 4.39 Å². The molecule has 1 aromatic heterocycles. The molecule has 0 aromatic carbocycles. The van der Waals surface area contributed by atoms with Crippen LogP contribution in [0.3, 0.4) is 0 Å². The van der Waals surface area contributed by atoms with Crippen LogP contribution in [-0.2, 0) is 5.54 Å². The first-order chi connectivity index (χ1) is 8.85. The predicted molar refractivity (Wildman–Crippen MR) is 80.6 cm³/mol. The van der Waals surface area contributed by atoms with Crippen molar-refractivity contribution >= 4 is 27.9 Å². The van der Waals surface area contributed by atoms with Crippen molar-refractivity contribution in [1.29, 1.82) is 0 Å². The van der Waals surface area contributed by atoms with Crippen molar-refractivity contribution in [2.75, 3.05) is 6.67 Å². The second-order valence-corrected chi connectivity index (χ2v) is 8.60. The smallest absolute Gasteiger partial charge is 0.149 e. The minimum Gasteiger partial charge on any atom is -0.251 e. The van der Waals surface area contributed by atoms with Crippen molar-refractivity contribution in [1.82, 2.24) is 14.7 Å². The predicted octanol–water partition coefficient (Wildman–Crippen LogP) is 3.85. The van der Waals surface area contributed by atoms with Gasteiger partial charge in [0, 0.05) is 17.1 Å². The van der Waals surface area contributed by atoms with Crippen LogP contribution in [0.25, 0.3) is 0 Å². The zero-order chi connectivity index (χ0) is 14.1. The molecular formula is C13H19BrFN3S. The average Bonchev–Trinajstić information content (AvgIpc) is 2.28. The molecule has 1 N–H and O–H groups in total. The molecule has 1 fully saturated rings. The molecule has 1 aromatic rings. The van der Waals surface area contributed by atoms with Crippen molar-refractivity contribution in [2.45, 2.75) is 43.9 Å². The molecule has 0 radical (unpaired) electrons. The van der Waals surface area contributed by atoms with Gasteiger partial charge in [0.15, 0.2) is 0 Å². The Hall–Kier alpha value is -0.200. The van der Waals surface area contributed by atoms with E-state index in [1.54, 1.807) is 24.3 Å². The van der Waals surface area contributed by atoms with Crippen molar-refractivity contribution in [3.8, 4) is 0 Å². The lowest BCUT2D eigenvalue weighted by atomic mass is 9.69. The number of hydrogen-bond donors (Lipinski definition) is 1. The van der Waals surface area contributed by atoms with E-state index in [9.17, 15) is 4.39 Å². The van der Waals surface area contributed by atoms with Crippen LogP contribution in [0.1, 0.15) is 39.4 Å². The normalized spacial score (nSPS) is 27.1. The van der Waals surface area contributed by atoms with Gasteiger partial charge in [0.2, 0.25) is 0 Å². The molecular weight excluding hydrogens is 329 g/mol. The molecule has 1 saturated carbocycles. The summed E-state index contributed by atoms with van der Waals surface area (Å²) in [5.41, 5.74) is -0.282. The van der Waals surface area contributed by atoms with E-state index in [0.717, 1.165) is 23.1 Å². The summed E-state index contributed by atoms with van der Waals surface area (Å²) in [7, 11) is 0. The Balaban J connectivity index is 2.14. The lowest BCUT2D eigenvalue weighted by Crippen LogP contribution is -2.52.